The minimum Gasteiger partial charge on any atom is -0.486 e. The summed E-state index contributed by atoms with van der Waals surface area (Å²) in [5, 5.41) is 13.0. The Morgan fingerprint density at radius 2 is 2.07 bits per heavy atom. The van der Waals surface area contributed by atoms with Gasteiger partial charge >= 0.3 is 0 Å². The Balaban J connectivity index is 1.82. The van der Waals surface area contributed by atoms with Gasteiger partial charge in [0.2, 0.25) is 5.91 Å². The molecule has 2 N–H and O–H groups in total. The molecule has 1 aliphatic heterocycles. The van der Waals surface area contributed by atoms with Crippen LogP contribution >= 0.6 is 23.2 Å². The predicted octanol–water partition coefficient (Wildman–Crippen LogP) is 4.22. The Morgan fingerprint density at radius 3 is 2.75 bits per heavy atom. The van der Waals surface area contributed by atoms with Gasteiger partial charge in [0.05, 0.1) is 29.1 Å². The molecule has 0 saturated heterocycles. The molecule has 150 valence electrons. The van der Waals surface area contributed by atoms with Crippen molar-refractivity contribution in [1.82, 2.24) is 5.32 Å². The van der Waals surface area contributed by atoms with E-state index in [0.717, 1.165) is 0 Å². The molecule has 3 rings (SSSR count). The van der Waals surface area contributed by atoms with E-state index in [1.54, 1.807) is 25.1 Å². The van der Waals surface area contributed by atoms with Crippen molar-refractivity contribution >= 4 is 29.1 Å². The van der Waals surface area contributed by atoms with Gasteiger partial charge in [-0.3, -0.25) is 4.79 Å². The Bertz CT molecular complexity index is 857. The SMILES string of the molecule is CCC(O)CC(=O)NC[C@H]1COc2cc(F)cc(-c3c(Cl)cccc3Cl)c2O1. The number of rotatable bonds is 6. The van der Waals surface area contributed by atoms with Crippen molar-refractivity contribution in [3.05, 3.63) is 46.2 Å². The van der Waals surface area contributed by atoms with Crippen LogP contribution in [0.4, 0.5) is 4.39 Å². The Morgan fingerprint density at radius 1 is 1.36 bits per heavy atom. The van der Waals surface area contributed by atoms with Gasteiger partial charge in [0, 0.05) is 17.2 Å². The molecule has 28 heavy (non-hydrogen) atoms. The molecule has 1 aliphatic rings. The van der Waals surface area contributed by atoms with Gasteiger partial charge in [0.1, 0.15) is 18.5 Å². The van der Waals surface area contributed by atoms with Crippen LogP contribution in [0.1, 0.15) is 19.8 Å². The van der Waals surface area contributed by atoms with E-state index >= 15 is 0 Å². The zero-order valence-electron chi connectivity index (χ0n) is 15.2. The van der Waals surface area contributed by atoms with E-state index in [-0.39, 0.29) is 31.2 Å². The molecule has 0 saturated carbocycles. The summed E-state index contributed by atoms with van der Waals surface area (Å²) in [5.41, 5.74) is 0.823. The Hall–Kier alpha value is -2.02. The quantitative estimate of drug-likeness (QED) is 0.723. The number of hydrogen-bond donors (Lipinski definition) is 2. The van der Waals surface area contributed by atoms with Gasteiger partial charge in [-0.05, 0) is 24.6 Å². The molecule has 1 unspecified atom stereocenters. The predicted molar refractivity (Wildman–Crippen MR) is 106 cm³/mol. The van der Waals surface area contributed by atoms with Crippen molar-refractivity contribution in [2.45, 2.75) is 32.0 Å². The molecule has 0 aliphatic carbocycles. The van der Waals surface area contributed by atoms with Crippen LogP contribution in [0, 0.1) is 5.82 Å². The maximum Gasteiger partial charge on any atom is 0.222 e. The molecule has 0 fully saturated rings. The molecular formula is C20H20Cl2FNO4. The lowest BCUT2D eigenvalue weighted by Gasteiger charge is -2.29. The molecule has 1 heterocycles. The molecule has 5 nitrogen and oxygen atoms in total. The lowest BCUT2D eigenvalue weighted by molar-refractivity contribution is -0.123. The number of halogens is 3. The van der Waals surface area contributed by atoms with E-state index in [2.05, 4.69) is 5.32 Å². The van der Waals surface area contributed by atoms with E-state index in [1.165, 1.54) is 12.1 Å². The van der Waals surface area contributed by atoms with E-state index in [9.17, 15) is 14.3 Å². The zero-order chi connectivity index (χ0) is 20.3. The summed E-state index contributed by atoms with van der Waals surface area (Å²) in [6.07, 6.45) is -0.647. The molecule has 2 aromatic carbocycles. The third-order valence-electron chi connectivity index (χ3n) is 4.38. The molecule has 0 aromatic heterocycles. The first-order valence-corrected chi connectivity index (χ1v) is 9.66. The van der Waals surface area contributed by atoms with Gasteiger partial charge in [-0.1, -0.05) is 36.2 Å². The highest BCUT2D eigenvalue weighted by Gasteiger charge is 2.27. The Kier molecular flexibility index (Phi) is 6.65. The summed E-state index contributed by atoms with van der Waals surface area (Å²) in [5.74, 6) is -0.226. The van der Waals surface area contributed by atoms with E-state index in [4.69, 9.17) is 32.7 Å². The summed E-state index contributed by atoms with van der Waals surface area (Å²) in [4.78, 5) is 11.9. The van der Waals surface area contributed by atoms with Gasteiger partial charge in [0.15, 0.2) is 11.5 Å². The number of hydrogen-bond acceptors (Lipinski definition) is 4. The summed E-state index contributed by atoms with van der Waals surface area (Å²) in [6.45, 7) is 2.12. The number of fused-ring (bicyclic) bond motifs is 1. The van der Waals surface area contributed by atoms with E-state index in [1.807, 2.05) is 0 Å². The van der Waals surface area contributed by atoms with Crippen LogP contribution in [0.25, 0.3) is 11.1 Å². The highest BCUT2D eigenvalue weighted by molar-refractivity contribution is 6.39. The average Bonchev–Trinajstić information content (AvgIpc) is 2.66. The molecular weight excluding hydrogens is 408 g/mol. The molecule has 1 amide bonds. The van der Waals surface area contributed by atoms with Crippen molar-refractivity contribution in [3.63, 3.8) is 0 Å². The van der Waals surface area contributed by atoms with Crippen LogP contribution in [0.2, 0.25) is 10.0 Å². The van der Waals surface area contributed by atoms with Crippen molar-refractivity contribution in [3.8, 4) is 22.6 Å². The first-order chi connectivity index (χ1) is 13.4. The van der Waals surface area contributed by atoms with Crippen molar-refractivity contribution in [2.75, 3.05) is 13.2 Å². The van der Waals surface area contributed by atoms with Crippen LogP contribution in [0.3, 0.4) is 0 Å². The molecule has 0 bridgehead atoms. The van der Waals surface area contributed by atoms with Gasteiger partial charge in [-0.25, -0.2) is 4.39 Å². The summed E-state index contributed by atoms with van der Waals surface area (Å²) in [7, 11) is 0. The number of nitrogens with one attached hydrogen (secondary N) is 1. The van der Waals surface area contributed by atoms with Crippen molar-refractivity contribution < 1.29 is 23.8 Å². The second-order valence-electron chi connectivity index (χ2n) is 6.50. The summed E-state index contributed by atoms with van der Waals surface area (Å²) >= 11 is 12.6. The van der Waals surface area contributed by atoms with Crippen LogP contribution in [-0.2, 0) is 4.79 Å². The fourth-order valence-corrected chi connectivity index (χ4v) is 3.48. The van der Waals surface area contributed by atoms with Crippen molar-refractivity contribution in [2.24, 2.45) is 0 Å². The lowest BCUT2D eigenvalue weighted by atomic mass is 10.0. The lowest BCUT2D eigenvalue weighted by Crippen LogP contribution is -2.41. The van der Waals surface area contributed by atoms with Crippen LogP contribution in [-0.4, -0.2) is 36.4 Å². The maximum absolute atomic E-state index is 14.1. The van der Waals surface area contributed by atoms with Gasteiger partial charge < -0.3 is 19.9 Å². The minimum atomic E-state index is -0.679. The topological polar surface area (TPSA) is 67.8 Å². The van der Waals surface area contributed by atoms with Crippen LogP contribution in [0.15, 0.2) is 30.3 Å². The van der Waals surface area contributed by atoms with Gasteiger partial charge in [0.25, 0.3) is 0 Å². The number of aliphatic hydroxyl groups excluding tert-OH is 1. The number of ether oxygens (including phenoxy) is 2. The van der Waals surface area contributed by atoms with Crippen LogP contribution < -0.4 is 14.8 Å². The fraction of sp³-hybridized carbons (Fsp3) is 0.350. The highest BCUT2D eigenvalue weighted by Crippen LogP contribution is 2.46. The molecule has 0 radical (unpaired) electrons. The monoisotopic (exact) mass is 427 g/mol. The first kappa shape index (κ1) is 20.7. The molecule has 2 atom stereocenters. The van der Waals surface area contributed by atoms with E-state index < -0.39 is 18.0 Å². The third kappa shape index (κ3) is 4.69. The van der Waals surface area contributed by atoms with Crippen LogP contribution in [0.5, 0.6) is 11.5 Å². The van der Waals surface area contributed by atoms with Gasteiger partial charge in [-0.15, -0.1) is 0 Å². The highest BCUT2D eigenvalue weighted by atomic mass is 35.5. The second-order valence-corrected chi connectivity index (χ2v) is 7.31. The normalized spacial score (nSPS) is 16.5. The maximum atomic E-state index is 14.1. The average molecular weight is 428 g/mol. The smallest absolute Gasteiger partial charge is 0.222 e. The number of carbonyl (C=O) groups excluding carboxylic acids is 1. The first-order valence-electron chi connectivity index (χ1n) is 8.91. The number of carbonyl (C=O) groups is 1. The minimum absolute atomic E-state index is 0.0202. The van der Waals surface area contributed by atoms with E-state index in [0.29, 0.717) is 33.3 Å². The van der Waals surface area contributed by atoms with Crippen molar-refractivity contribution in [1.29, 1.82) is 0 Å². The molecule has 2 aromatic rings. The number of amides is 1. The number of benzene rings is 2. The zero-order valence-corrected chi connectivity index (χ0v) is 16.7. The third-order valence-corrected chi connectivity index (χ3v) is 5.01. The second kappa shape index (κ2) is 8.99. The largest absolute Gasteiger partial charge is 0.486 e. The summed E-state index contributed by atoms with van der Waals surface area (Å²) in [6, 6.07) is 7.52. The standard InChI is InChI=1S/C20H20Cl2FNO4/c1-2-12(25)8-18(26)24-9-13-10-27-17-7-11(23)6-14(20(17)28-13)19-15(21)4-3-5-16(19)22/h3-7,12-13,25H,2,8-10H2,1H3,(H,24,26)/t12?,13-/m0/s1. The molecule has 8 heteroatoms. The fourth-order valence-electron chi connectivity index (χ4n) is 2.88. The molecule has 0 spiro atoms. The van der Waals surface area contributed by atoms with Gasteiger partial charge in [-0.2, -0.15) is 0 Å². The number of aliphatic hydroxyl groups is 1. The summed E-state index contributed by atoms with van der Waals surface area (Å²) < 4.78 is 25.7. The Labute approximate surface area is 172 Å².